The second-order valence-electron chi connectivity index (χ2n) is 5.20. The van der Waals surface area contributed by atoms with E-state index in [-0.39, 0.29) is 0 Å². The SMILES string of the molecule is c1ccc2c(c1)CCC2NC1CCCOCC1. The molecule has 0 amide bonds. The minimum Gasteiger partial charge on any atom is -0.381 e. The van der Waals surface area contributed by atoms with E-state index in [1.54, 1.807) is 0 Å². The van der Waals surface area contributed by atoms with E-state index in [4.69, 9.17) is 4.74 Å². The minimum absolute atomic E-state index is 0.578. The Morgan fingerprint density at radius 1 is 1.06 bits per heavy atom. The molecule has 1 N–H and O–H groups in total. The van der Waals surface area contributed by atoms with Crippen LogP contribution in [0, 0.1) is 0 Å². The predicted octanol–water partition coefficient (Wildman–Crippen LogP) is 2.83. The molecule has 2 aliphatic rings. The maximum absolute atomic E-state index is 5.52. The van der Waals surface area contributed by atoms with Gasteiger partial charge < -0.3 is 10.1 Å². The molecule has 1 aliphatic carbocycles. The summed E-state index contributed by atoms with van der Waals surface area (Å²) in [5, 5.41) is 3.83. The maximum Gasteiger partial charge on any atom is 0.0480 e. The second-order valence-corrected chi connectivity index (χ2v) is 5.20. The largest absolute Gasteiger partial charge is 0.381 e. The second kappa shape index (κ2) is 5.19. The molecule has 1 aromatic carbocycles. The third-order valence-corrected chi connectivity index (χ3v) is 4.02. The van der Waals surface area contributed by atoms with Gasteiger partial charge in [0.05, 0.1) is 0 Å². The van der Waals surface area contributed by atoms with Gasteiger partial charge in [-0.25, -0.2) is 0 Å². The number of aryl methyl sites for hydroxylation is 1. The van der Waals surface area contributed by atoms with Gasteiger partial charge in [0.25, 0.3) is 0 Å². The molecule has 0 spiro atoms. The summed E-state index contributed by atoms with van der Waals surface area (Å²) in [6.07, 6.45) is 6.12. The molecule has 1 aromatic rings. The van der Waals surface area contributed by atoms with E-state index in [9.17, 15) is 0 Å². The zero-order valence-electron chi connectivity index (χ0n) is 10.3. The fourth-order valence-electron chi connectivity index (χ4n) is 3.09. The molecule has 1 aliphatic heterocycles. The Hall–Kier alpha value is -0.860. The normalized spacial score (nSPS) is 28.7. The highest BCUT2D eigenvalue weighted by molar-refractivity contribution is 5.34. The highest BCUT2D eigenvalue weighted by Gasteiger charge is 2.24. The molecule has 2 nitrogen and oxygen atoms in total. The molecule has 2 heteroatoms. The van der Waals surface area contributed by atoms with Crippen LogP contribution in [0.25, 0.3) is 0 Å². The van der Waals surface area contributed by atoms with Crippen LogP contribution in [0.4, 0.5) is 0 Å². The first-order valence-electron chi connectivity index (χ1n) is 6.85. The standard InChI is InChI=1S/C15H21NO/c1-2-6-14-12(4-1)7-8-15(14)16-13-5-3-10-17-11-9-13/h1-2,4,6,13,15-16H,3,5,7-11H2. The maximum atomic E-state index is 5.52. The van der Waals surface area contributed by atoms with Crippen LogP contribution in [0.3, 0.4) is 0 Å². The minimum atomic E-state index is 0.578. The summed E-state index contributed by atoms with van der Waals surface area (Å²) in [5.74, 6) is 0. The molecule has 3 rings (SSSR count). The number of benzene rings is 1. The highest BCUT2D eigenvalue weighted by Crippen LogP contribution is 2.31. The lowest BCUT2D eigenvalue weighted by atomic mass is 10.0. The van der Waals surface area contributed by atoms with Gasteiger partial charge >= 0.3 is 0 Å². The van der Waals surface area contributed by atoms with Gasteiger partial charge in [-0.15, -0.1) is 0 Å². The van der Waals surface area contributed by atoms with Crippen LogP contribution in [0.2, 0.25) is 0 Å². The molecule has 0 aromatic heterocycles. The fraction of sp³-hybridized carbons (Fsp3) is 0.600. The molecular formula is C15H21NO. The van der Waals surface area contributed by atoms with Crippen LogP contribution in [0.5, 0.6) is 0 Å². The number of ether oxygens (including phenoxy) is 1. The molecule has 17 heavy (non-hydrogen) atoms. The summed E-state index contributed by atoms with van der Waals surface area (Å²) in [6.45, 7) is 1.87. The number of fused-ring (bicyclic) bond motifs is 1. The van der Waals surface area contributed by atoms with Crippen molar-refractivity contribution in [2.24, 2.45) is 0 Å². The molecule has 1 fully saturated rings. The lowest BCUT2D eigenvalue weighted by Crippen LogP contribution is -2.32. The van der Waals surface area contributed by atoms with Crippen molar-refractivity contribution in [3.8, 4) is 0 Å². The summed E-state index contributed by atoms with van der Waals surface area (Å²) >= 11 is 0. The first-order valence-corrected chi connectivity index (χ1v) is 6.85. The van der Waals surface area contributed by atoms with Crippen molar-refractivity contribution < 1.29 is 4.74 Å². The van der Waals surface area contributed by atoms with Crippen LogP contribution >= 0.6 is 0 Å². The molecule has 2 atom stereocenters. The van der Waals surface area contributed by atoms with Crippen molar-refractivity contribution in [2.45, 2.75) is 44.2 Å². The topological polar surface area (TPSA) is 21.3 Å². The van der Waals surface area contributed by atoms with E-state index >= 15 is 0 Å². The van der Waals surface area contributed by atoms with Gasteiger partial charge in [0.1, 0.15) is 0 Å². The number of nitrogens with one attached hydrogen (secondary N) is 1. The summed E-state index contributed by atoms with van der Waals surface area (Å²) in [7, 11) is 0. The fourth-order valence-corrected chi connectivity index (χ4v) is 3.09. The zero-order chi connectivity index (χ0) is 11.5. The molecule has 1 heterocycles. The Morgan fingerprint density at radius 3 is 3.00 bits per heavy atom. The third kappa shape index (κ3) is 2.53. The zero-order valence-corrected chi connectivity index (χ0v) is 10.3. The quantitative estimate of drug-likeness (QED) is 0.845. The number of hydrogen-bond donors (Lipinski definition) is 1. The van der Waals surface area contributed by atoms with Gasteiger partial charge in [0.2, 0.25) is 0 Å². The van der Waals surface area contributed by atoms with Crippen LogP contribution in [0.15, 0.2) is 24.3 Å². The molecular weight excluding hydrogens is 210 g/mol. The Bertz CT molecular complexity index is 369. The molecule has 2 unspecified atom stereocenters. The van der Waals surface area contributed by atoms with Gasteiger partial charge in [0.15, 0.2) is 0 Å². The van der Waals surface area contributed by atoms with Crippen LogP contribution < -0.4 is 5.32 Å². The van der Waals surface area contributed by atoms with Gasteiger partial charge in [-0.2, -0.15) is 0 Å². The van der Waals surface area contributed by atoms with Crippen molar-refractivity contribution in [3.63, 3.8) is 0 Å². The van der Waals surface area contributed by atoms with E-state index in [0.29, 0.717) is 12.1 Å². The van der Waals surface area contributed by atoms with E-state index in [0.717, 1.165) is 13.2 Å². The first kappa shape index (κ1) is 11.2. The van der Waals surface area contributed by atoms with E-state index in [2.05, 4.69) is 29.6 Å². The van der Waals surface area contributed by atoms with Crippen LogP contribution in [0.1, 0.15) is 42.9 Å². The summed E-state index contributed by atoms with van der Waals surface area (Å²) < 4.78 is 5.52. The van der Waals surface area contributed by atoms with Crippen LogP contribution in [-0.2, 0) is 11.2 Å². The van der Waals surface area contributed by atoms with Gasteiger partial charge in [-0.1, -0.05) is 24.3 Å². The Morgan fingerprint density at radius 2 is 2.00 bits per heavy atom. The van der Waals surface area contributed by atoms with E-state index in [1.165, 1.54) is 43.2 Å². The van der Waals surface area contributed by atoms with Crippen molar-refractivity contribution >= 4 is 0 Å². The molecule has 1 saturated heterocycles. The number of hydrogen-bond acceptors (Lipinski definition) is 2. The first-order chi connectivity index (χ1) is 8.43. The van der Waals surface area contributed by atoms with Crippen molar-refractivity contribution in [3.05, 3.63) is 35.4 Å². The Kier molecular flexibility index (Phi) is 3.44. The van der Waals surface area contributed by atoms with Crippen molar-refractivity contribution in [2.75, 3.05) is 13.2 Å². The summed E-state index contributed by atoms with van der Waals surface area (Å²) in [5.41, 5.74) is 3.06. The predicted molar refractivity (Wildman–Crippen MR) is 69.1 cm³/mol. The number of rotatable bonds is 2. The highest BCUT2D eigenvalue weighted by atomic mass is 16.5. The monoisotopic (exact) mass is 231 g/mol. The van der Waals surface area contributed by atoms with E-state index < -0.39 is 0 Å². The summed E-state index contributed by atoms with van der Waals surface area (Å²) in [6, 6.07) is 10.1. The van der Waals surface area contributed by atoms with Crippen molar-refractivity contribution in [1.82, 2.24) is 5.32 Å². The Balaban J connectivity index is 1.66. The van der Waals surface area contributed by atoms with Gasteiger partial charge in [0, 0.05) is 25.3 Å². The molecule has 0 bridgehead atoms. The summed E-state index contributed by atoms with van der Waals surface area (Å²) in [4.78, 5) is 0. The third-order valence-electron chi connectivity index (χ3n) is 4.02. The molecule has 0 saturated carbocycles. The Labute approximate surface area is 103 Å². The molecule has 0 radical (unpaired) electrons. The molecule has 92 valence electrons. The average molecular weight is 231 g/mol. The average Bonchev–Trinajstić information content (AvgIpc) is 2.59. The van der Waals surface area contributed by atoms with Gasteiger partial charge in [-0.3, -0.25) is 0 Å². The lowest BCUT2D eigenvalue weighted by molar-refractivity contribution is 0.142. The van der Waals surface area contributed by atoms with Crippen LogP contribution in [-0.4, -0.2) is 19.3 Å². The van der Waals surface area contributed by atoms with E-state index in [1.807, 2.05) is 0 Å². The van der Waals surface area contributed by atoms with Gasteiger partial charge in [-0.05, 0) is 43.2 Å². The van der Waals surface area contributed by atoms with Crippen molar-refractivity contribution in [1.29, 1.82) is 0 Å². The smallest absolute Gasteiger partial charge is 0.0480 e. The lowest BCUT2D eigenvalue weighted by Gasteiger charge is -2.22.